The highest BCUT2D eigenvalue weighted by Crippen LogP contribution is 2.45. The van der Waals surface area contributed by atoms with Crippen molar-refractivity contribution in [2.75, 3.05) is 6.54 Å². The van der Waals surface area contributed by atoms with E-state index in [1.54, 1.807) is 0 Å². The normalized spacial score (nSPS) is 25.2. The molecule has 29 heavy (non-hydrogen) atoms. The summed E-state index contributed by atoms with van der Waals surface area (Å²) < 4.78 is 0. The summed E-state index contributed by atoms with van der Waals surface area (Å²) in [5.74, 6) is 1.45. The summed E-state index contributed by atoms with van der Waals surface area (Å²) in [6.45, 7) is 5.48. The van der Waals surface area contributed by atoms with E-state index in [1.807, 2.05) is 42.1 Å². The molecule has 3 atom stereocenters. The maximum Gasteiger partial charge on any atom is 0.126 e. The van der Waals surface area contributed by atoms with E-state index in [9.17, 15) is 0 Å². The van der Waals surface area contributed by atoms with Gasteiger partial charge in [0, 0.05) is 16.5 Å². The van der Waals surface area contributed by atoms with Crippen molar-refractivity contribution in [1.29, 1.82) is 0 Å². The molecule has 1 N–H and O–H groups in total. The molecule has 5 rings (SSSR count). The maximum absolute atomic E-state index is 6.36. The van der Waals surface area contributed by atoms with Gasteiger partial charge in [0.05, 0.1) is 28.2 Å². The van der Waals surface area contributed by atoms with Gasteiger partial charge < -0.3 is 4.98 Å². The molecule has 2 aromatic carbocycles. The number of para-hydroxylation sites is 1. The summed E-state index contributed by atoms with van der Waals surface area (Å²) in [6, 6.07) is 14.0. The number of halogens is 2. The van der Waals surface area contributed by atoms with Gasteiger partial charge in [0.15, 0.2) is 0 Å². The van der Waals surface area contributed by atoms with Gasteiger partial charge in [0.2, 0.25) is 0 Å². The topological polar surface area (TPSA) is 35.2 Å². The molecule has 4 nitrogen and oxygen atoms in total. The molecule has 3 heterocycles. The van der Waals surface area contributed by atoms with E-state index in [4.69, 9.17) is 28.2 Å². The Morgan fingerprint density at radius 1 is 1.14 bits per heavy atom. The molecule has 0 bridgehead atoms. The van der Waals surface area contributed by atoms with Gasteiger partial charge in [0.1, 0.15) is 11.3 Å². The van der Waals surface area contributed by atoms with Crippen LogP contribution in [0.15, 0.2) is 42.5 Å². The second-order valence-corrected chi connectivity index (χ2v) is 9.81. The van der Waals surface area contributed by atoms with Gasteiger partial charge in [-0.2, -0.15) is 0 Å². The second-order valence-electron chi connectivity index (χ2n) is 7.64. The van der Waals surface area contributed by atoms with Crippen LogP contribution in [-0.2, 0) is 0 Å². The van der Waals surface area contributed by atoms with Crippen molar-refractivity contribution in [2.24, 2.45) is 5.92 Å². The highest BCUT2D eigenvalue weighted by Gasteiger charge is 2.41. The van der Waals surface area contributed by atoms with Crippen molar-refractivity contribution in [1.82, 2.24) is 20.0 Å². The molecule has 149 valence electrons. The third-order valence-electron chi connectivity index (χ3n) is 5.67. The number of rotatable bonds is 3. The second kappa shape index (κ2) is 7.55. The number of benzene rings is 2. The van der Waals surface area contributed by atoms with Crippen molar-refractivity contribution in [3.05, 3.63) is 70.1 Å². The average Bonchev–Trinajstić information content (AvgIpc) is 3.39. The number of thioether (sulfide) groups is 1. The number of H-pyrrole nitrogens is 1. The number of nitrogens with one attached hydrogen (secondary N) is 1. The number of fused-ring (bicyclic) bond motifs is 1. The molecular weight excluding hydrogens is 423 g/mol. The summed E-state index contributed by atoms with van der Waals surface area (Å²) in [5, 5.41) is 6.35. The molecule has 0 saturated carbocycles. The molecule has 2 aliphatic heterocycles. The number of hydrogen-bond acceptors (Lipinski definition) is 4. The Bertz CT molecular complexity index is 1080. The highest BCUT2D eigenvalue weighted by atomic mass is 35.5. The fraction of sp³-hybridized carbons (Fsp3) is 0.318. The monoisotopic (exact) mass is 443 g/mol. The summed E-state index contributed by atoms with van der Waals surface area (Å²) in [7, 11) is 0. The number of hydrazine groups is 1. The molecule has 2 aliphatic rings. The van der Waals surface area contributed by atoms with Gasteiger partial charge in [-0.05, 0) is 49.1 Å². The van der Waals surface area contributed by atoms with Gasteiger partial charge in [-0.15, -0.1) is 0 Å². The van der Waals surface area contributed by atoms with Crippen molar-refractivity contribution >= 4 is 50.9 Å². The Hall–Kier alpha value is -1.66. The lowest BCUT2D eigenvalue weighted by Crippen LogP contribution is -2.42. The third kappa shape index (κ3) is 3.44. The quantitative estimate of drug-likeness (QED) is 0.510. The number of hydrogen-bond donors (Lipinski definition) is 1. The van der Waals surface area contributed by atoms with Gasteiger partial charge in [-0.1, -0.05) is 60.1 Å². The van der Waals surface area contributed by atoms with Crippen LogP contribution in [-0.4, -0.2) is 31.9 Å². The summed E-state index contributed by atoms with van der Waals surface area (Å²) in [4.78, 5) is 9.51. The first-order valence-corrected chi connectivity index (χ1v) is 11.4. The minimum absolute atomic E-state index is 0.165. The zero-order chi connectivity index (χ0) is 20.1. The van der Waals surface area contributed by atoms with Crippen LogP contribution in [0.1, 0.15) is 37.7 Å². The zero-order valence-electron chi connectivity index (χ0n) is 16.2. The lowest BCUT2D eigenvalue weighted by molar-refractivity contribution is -0.0128. The fourth-order valence-corrected chi connectivity index (χ4v) is 5.56. The Kier molecular flexibility index (Phi) is 5.03. The Morgan fingerprint density at radius 2 is 1.93 bits per heavy atom. The molecule has 3 aromatic rings. The van der Waals surface area contributed by atoms with Crippen LogP contribution in [0, 0.1) is 12.1 Å². The maximum atomic E-state index is 6.36. The number of aromatic nitrogens is 2. The van der Waals surface area contributed by atoms with E-state index < -0.39 is 0 Å². The molecule has 1 saturated heterocycles. The largest absolute Gasteiger partial charge is 0.341 e. The van der Waals surface area contributed by atoms with Crippen molar-refractivity contribution in [2.45, 2.75) is 31.7 Å². The van der Waals surface area contributed by atoms with E-state index >= 15 is 0 Å². The average molecular weight is 444 g/mol. The van der Waals surface area contributed by atoms with Crippen LogP contribution in [0.2, 0.25) is 10.0 Å². The molecule has 1 aromatic heterocycles. The summed E-state index contributed by atoms with van der Waals surface area (Å²) in [5.41, 5.74) is 2.97. The van der Waals surface area contributed by atoms with Crippen LogP contribution in [0.4, 0.5) is 0 Å². The highest BCUT2D eigenvalue weighted by molar-refractivity contribution is 8.09. The fourth-order valence-electron chi connectivity index (χ4n) is 4.18. The molecule has 0 amide bonds. The van der Waals surface area contributed by atoms with E-state index in [-0.39, 0.29) is 11.4 Å². The number of imidazole rings is 1. The van der Waals surface area contributed by atoms with Crippen LogP contribution in [0.3, 0.4) is 0 Å². The summed E-state index contributed by atoms with van der Waals surface area (Å²) >= 11 is 14.2. The molecule has 7 heteroatoms. The third-order valence-corrected chi connectivity index (χ3v) is 7.33. The molecule has 1 fully saturated rings. The standard InChI is InChI=1S/C22H21Cl2N4S/c1-13-10-11-27(21(13)22-25-18-5-3-4-17(24)20(18)26-22)28-12-19(29-14(28)2)15-6-8-16(23)9-7-15/h3-9,13-14,21H,10-11H2,1-2H3,(H,25,26)/t13-,14?,21-/m0/s1. The number of nitrogens with zero attached hydrogens (tertiary/aromatic N) is 3. The molecule has 1 unspecified atom stereocenters. The van der Waals surface area contributed by atoms with Gasteiger partial charge in [0.25, 0.3) is 0 Å². The van der Waals surface area contributed by atoms with Crippen LogP contribution < -0.4 is 0 Å². The Labute approximate surface area is 184 Å². The van der Waals surface area contributed by atoms with Crippen molar-refractivity contribution < 1.29 is 0 Å². The van der Waals surface area contributed by atoms with E-state index in [0.29, 0.717) is 10.9 Å². The predicted octanol–water partition coefficient (Wildman–Crippen LogP) is 6.36. The number of aromatic amines is 1. The van der Waals surface area contributed by atoms with Crippen molar-refractivity contribution in [3.63, 3.8) is 0 Å². The molecule has 0 spiro atoms. The first kappa shape index (κ1) is 19.3. The smallest absolute Gasteiger partial charge is 0.126 e. The predicted molar refractivity (Wildman–Crippen MR) is 121 cm³/mol. The lowest BCUT2D eigenvalue weighted by Gasteiger charge is -2.35. The molecular formula is C22H21Cl2N4S. The van der Waals surface area contributed by atoms with E-state index in [2.05, 4.69) is 47.2 Å². The first-order chi connectivity index (χ1) is 14.0. The summed E-state index contributed by atoms with van der Waals surface area (Å²) in [6.07, 6.45) is 4.72. The van der Waals surface area contributed by atoms with Crippen LogP contribution in [0.5, 0.6) is 0 Å². The molecule has 0 aliphatic carbocycles. The Balaban J connectivity index is 1.49. The van der Waals surface area contributed by atoms with Crippen molar-refractivity contribution in [3.8, 4) is 0 Å². The van der Waals surface area contributed by atoms with Gasteiger partial charge in [-0.3, -0.25) is 5.01 Å². The molecule has 1 radical (unpaired) electrons. The first-order valence-electron chi connectivity index (χ1n) is 9.77. The SMILES string of the molecule is CC1SC(c2ccc(Cl)cc2)=[C]N1N1CC[C@H](C)[C@H]1c1nc2c(Cl)cccc2[nH]1. The lowest BCUT2D eigenvalue weighted by atomic mass is 10.0. The minimum Gasteiger partial charge on any atom is -0.341 e. The van der Waals surface area contributed by atoms with Gasteiger partial charge in [-0.25, -0.2) is 9.99 Å². The van der Waals surface area contributed by atoms with Gasteiger partial charge >= 0.3 is 0 Å². The van der Waals surface area contributed by atoms with E-state index in [0.717, 1.165) is 45.3 Å². The Morgan fingerprint density at radius 3 is 2.69 bits per heavy atom. The van der Waals surface area contributed by atoms with Crippen LogP contribution in [0.25, 0.3) is 15.9 Å². The van der Waals surface area contributed by atoms with E-state index in [1.165, 1.54) is 0 Å². The zero-order valence-corrected chi connectivity index (χ0v) is 18.5. The minimum atomic E-state index is 0.165. The van der Waals surface area contributed by atoms with Crippen LogP contribution >= 0.6 is 35.0 Å².